The van der Waals surface area contributed by atoms with Crippen molar-refractivity contribution in [1.29, 1.82) is 5.26 Å². The zero-order valence-electron chi connectivity index (χ0n) is 30.9. The highest BCUT2D eigenvalue weighted by atomic mass is 16.2. The van der Waals surface area contributed by atoms with Crippen LogP contribution in [0.25, 0.3) is 0 Å². The minimum atomic E-state index is 0.0639. The fourth-order valence-corrected chi connectivity index (χ4v) is 5.39. The number of aliphatic imine (C=N–C) groups is 1. The summed E-state index contributed by atoms with van der Waals surface area (Å²) in [6.45, 7) is 29.3. The maximum Gasteiger partial charge on any atom is 0.225 e. The summed E-state index contributed by atoms with van der Waals surface area (Å²) >= 11 is 0. The quantitative estimate of drug-likeness (QED) is 0.172. The monoisotopic (exact) mass is 620 g/mol. The maximum absolute atomic E-state index is 12.4. The van der Waals surface area contributed by atoms with Crippen LogP contribution in [0.5, 0.6) is 0 Å². The predicted molar refractivity (Wildman–Crippen MR) is 194 cm³/mol. The Bertz CT molecular complexity index is 1150. The molecule has 45 heavy (non-hydrogen) atoms. The first-order valence-electron chi connectivity index (χ1n) is 17.4. The molecule has 0 aromatic carbocycles. The summed E-state index contributed by atoms with van der Waals surface area (Å²) < 4.78 is 0. The average molecular weight is 620 g/mol. The molecule has 2 unspecified atom stereocenters. The molecule has 2 atom stereocenters. The second-order valence-corrected chi connectivity index (χ2v) is 12.3. The summed E-state index contributed by atoms with van der Waals surface area (Å²) in [5.74, 6) is 1.42. The zero-order chi connectivity index (χ0) is 34.4. The molecule has 1 aliphatic heterocycles. The van der Waals surface area contributed by atoms with Gasteiger partial charge in [0.2, 0.25) is 5.91 Å². The largest absolute Gasteiger partial charge is 0.371 e. The number of aromatic nitrogens is 1. The molecule has 0 N–H and O–H groups in total. The van der Waals surface area contributed by atoms with Gasteiger partial charge in [-0.1, -0.05) is 100 Å². The molecule has 2 heterocycles. The third-order valence-electron chi connectivity index (χ3n) is 8.03. The summed E-state index contributed by atoms with van der Waals surface area (Å²) in [6.07, 6.45) is 14.7. The normalized spacial score (nSPS) is 15.8. The van der Waals surface area contributed by atoms with E-state index in [0.29, 0.717) is 17.4 Å². The third-order valence-corrected chi connectivity index (χ3v) is 8.03. The van der Waals surface area contributed by atoms with E-state index in [4.69, 9.17) is 10.3 Å². The number of carbonyl (C=O) groups excluding carboxylic acids is 1. The molecule has 1 saturated heterocycles. The lowest BCUT2D eigenvalue weighted by molar-refractivity contribution is -0.135. The van der Waals surface area contributed by atoms with E-state index in [2.05, 4.69) is 97.3 Å². The van der Waals surface area contributed by atoms with Gasteiger partial charge in [0.15, 0.2) is 0 Å². The molecule has 1 aliphatic rings. The lowest BCUT2D eigenvalue weighted by atomic mass is 9.80. The summed E-state index contributed by atoms with van der Waals surface area (Å²) in [5.41, 5.74) is 6.74. The average Bonchev–Trinajstić information content (AvgIpc) is 3.03. The van der Waals surface area contributed by atoms with E-state index in [0.717, 1.165) is 56.8 Å². The minimum Gasteiger partial charge on any atom is -0.371 e. The van der Waals surface area contributed by atoms with Gasteiger partial charge in [0.1, 0.15) is 0 Å². The Labute approximate surface area is 277 Å². The highest BCUT2D eigenvalue weighted by Gasteiger charge is 2.27. The van der Waals surface area contributed by atoms with Gasteiger partial charge in [-0.25, -0.2) is 0 Å². The first-order valence-corrected chi connectivity index (χ1v) is 17.4. The molecule has 0 bridgehead atoms. The van der Waals surface area contributed by atoms with E-state index in [1.54, 1.807) is 12.3 Å². The highest BCUT2D eigenvalue weighted by molar-refractivity contribution is 6.03. The van der Waals surface area contributed by atoms with Crippen LogP contribution >= 0.6 is 0 Å². The summed E-state index contributed by atoms with van der Waals surface area (Å²) in [4.78, 5) is 25.8. The Balaban J connectivity index is 0.00000114. The van der Waals surface area contributed by atoms with E-state index in [9.17, 15) is 4.79 Å². The molecule has 1 aromatic rings. The van der Waals surface area contributed by atoms with Crippen LogP contribution in [-0.4, -0.2) is 52.6 Å². The number of pyridine rings is 1. The number of nitriles is 1. The van der Waals surface area contributed by atoms with Crippen molar-refractivity contribution in [2.75, 3.05) is 26.2 Å². The molecular weight excluding hydrogens is 554 g/mol. The minimum absolute atomic E-state index is 0.0639. The van der Waals surface area contributed by atoms with Crippen LogP contribution in [0.3, 0.4) is 0 Å². The van der Waals surface area contributed by atoms with Crippen molar-refractivity contribution in [3.8, 4) is 6.07 Å². The van der Waals surface area contributed by atoms with Crippen LogP contribution < -0.4 is 0 Å². The van der Waals surface area contributed by atoms with Crippen LogP contribution in [-0.2, 0) is 11.2 Å². The molecule has 6 heteroatoms. The lowest BCUT2D eigenvalue weighted by Gasteiger charge is -2.39. The molecule has 1 aromatic heterocycles. The van der Waals surface area contributed by atoms with Crippen molar-refractivity contribution < 1.29 is 4.79 Å². The zero-order valence-corrected chi connectivity index (χ0v) is 30.9. The third kappa shape index (κ3) is 15.1. The molecule has 1 fully saturated rings. The van der Waals surface area contributed by atoms with E-state index in [1.165, 1.54) is 36.1 Å². The molecule has 0 spiro atoms. The number of carbonyl (C=O) groups is 1. The molecule has 6 nitrogen and oxygen atoms in total. The van der Waals surface area contributed by atoms with Crippen LogP contribution in [0.4, 0.5) is 0 Å². The number of amides is 1. The van der Waals surface area contributed by atoms with E-state index in [1.807, 2.05) is 31.0 Å². The van der Waals surface area contributed by atoms with Crippen LogP contribution in [0.2, 0.25) is 0 Å². The first-order chi connectivity index (χ1) is 21.5. The van der Waals surface area contributed by atoms with Gasteiger partial charge in [-0.05, 0) is 63.2 Å². The van der Waals surface area contributed by atoms with E-state index in [-0.39, 0.29) is 11.8 Å². The molecular formula is C39H65N5O. The predicted octanol–water partition coefficient (Wildman–Crippen LogP) is 9.79. The lowest BCUT2D eigenvalue weighted by Crippen LogP contribution is -2.49. The van der Waals surface area contributed by atoms with Gasteiger partial charge in [-0.15, -0.1) is 0 Å². The van der Waals surface area contributed by atoms with E-state index >= 15 is 0 Å². The smallest absolute Gasteiger partial charge is 0.225 e. The summed E-state index contributed by atoms with van der Waals surface area (Å²) in [6, 6.07) is 5.64. The Morgan fingerprint density at radius 1 is 1.02 bits per heavy atom. The van der Waals surface area contributed by atoms with Crippen molar-refractivity contribution >= 4 is 11.6 Å². The first kappa shape index (κ1) is 41.8. The number of hydrogen-bond donors (Lipinski definition) is 0. The number of rotatable bonds is 12. The molecule has 252 valence electrons. The molecule has 0 aliphatic carbocycles. The summed E-state index contributed by atoms with van der Waals surface area (Å²) in [7, 11) is 0. The molecule has 0 saturated carbocycles. The number of allylic oxidation sites excluding steroid dienone is 5. The van der Waals surface area contributed by atoms with Gasteiger partial charge in [0.25, 0.3) is 0 Å². The number of nitrogens with zero attached hydrogens (tertiary/aromatic N) is 5. The molecule has 2 rings (SSSR count). The Morgan fingerprint density at radius 3 is 2.11 bits per heavy atom. The van der Waals surface area contributed by atoms with E-state index < -0.39 is 0 Å². The van der Waals surface area contributed by atoms with Gasteiger partial charge < -0.3 is 9.80 Å². The molecule has 1 amide bonds. The molecule has 0 radical (unpaired) electrons. The number of hydrogen-bond acceptors (Lipinski definition) is 5. The van der Waals surface area contributed by atoms with Gasteiger partial charge in [0, 0.05) is 67.2 Å². The van der Waals surface area contributed by atoms with Gasteiger partial charge in [0.05, 0.1) is 11.6 Å². The van der Waals surface area contributed by atoms with Gasteiger partial charge in [-0.2, -0.15) is 5.26 Å². The topological polar surface area (TPSA) is 72.6 Å². The standard InChI is InChI=1S/C27H47N3O.C9H10N2.C3H8/c1-10-13-15-28-23(8)26(25(12-3)22(7)21(6)14-11-2)24(9)29-16-18-30(19-17-29)27(31)20(4)5;1-2-3-9-6-8(7-10)4-5-11-9;1-3-2/h12-13,15,20-22H,10-11,14,16-19H2,1-9H3;4-6H,2-3H2,1H3;3H2,1-2H3/b15-13+,25-12-,26-24-,28-23+;;. The van der Waals surface area contributed by atoms with Crippen molar-refractivity contribution in [1.82, 2.24) is 14.8 Å². The van der Waals surface area contributed by atoms with Crippen molar-refractivity contribution in [3.63, 3.8) is 0 Å². The van der Waals surface area contributed by atoms with Crippen LogP contribution in [0.15, 0.2) is 58.5 Å². The highest BCUT2D eigenvalue weighted by Crippen LogP contribution is 2.33. The number of aryl methyl sites for hydroxylation is 1. The summed E-state index contributed by atoms with van der Waals surface area (Å²) in [5, 5.41) is 8.55. The Hall–Kier alpha value is -3.20. The van der Waals surface area contributed by atoms with Gasteiger partial charge >= 0.3 is 0 Å². The fourth-order valence-electron chi connectivity index (χ4n) is 5.39. The second-order valence-electron chi connectivity index (χ2n) is 12.3. The van der Waals surface area contributed by atoms with Crippen LogP contribution in [0, 0.1) is 29.1 Å². The Kier molecular flexibility index (Phi) is 22.4. The number of piperazine rings is 1. The van der Waals surface area contributed by atoms with Crippen molar-refractivity contribution in [3.05, 3.63) is 64.8 Å². The second kappa shape index (κ2) is 24.1. The van der Waals surface area contributed by atoms with Gasteiger partial charge in [-0.3, -0.25) is 14.8 Å². The van der Waals surface area contributed by atoms with Crippen molar-refractivity contribution in [2.45, 2.75) is 122 Å². The van der Waals surface area contributed by atoms with Crippen molar-refractivity contribution in [2.24, 2.45) is 22.7 Å². The van der Waals surface area contributed by atoms with Crippen LogP contribution in [0.1, 0.15) is 126 Å². The fraction of sp³-hybridized carbons (Fsp3) is 0.641. The SMILES string of the molecule is CCC.CCCc1cc(C#N)ccn1.C\C=C(C(/C(C)=N/C=C/CC)=C(/C)N1CCN(C(=O)C(C)C)CC1)\C(C)C(C)CCC. The Morgan fingerprint density at radius 2 is 1.62 bits per heavy atom. The maximum atomic E-state index is 12.4.